The van der Waals surface area contributed by atoms with Crippen molar-refractivity contribution >= 4 is 11.7 Å². The Morgan fingerprint density at radius 3 is 2.54 bits per heavy atom. The van der Waals surface area contributed by atoms with E-state index in [4.69, 9.17) is 0 Å². The Morgan fingerprint density at radius 2 is 2.08 bits per heavy atom. The van der Waals surface area contributed by atoms with Gasteiger partial charge in [-0.05, 0) is 6.92 Å². The Bertz CT molecular complexity index is 387. The average Bonchev–Trinajstić information content (AvgIpc) is 2.62. The normalized spacial score (nSPS) is 21.6. The molecule has 0 spiro atoms. The number of aromatic amines is 1. The third-order valence-corrected chi connectivity index (χ3v) is 2.25. The van der Waals surface area contributed by atoms with E-state index in [9.17, 15) is 0 Å². The van der Waals surface area contributed by atoms with E-state index >= 15 is 0 Å². The molecule has 1 unspecified atom stereocenters. The van der Waals surface area contributed by atoms with Crippen LogP contribution in [0, 0.1) is 6.92 Å². The maximum Gasteiger partial charge on any atom is 0.279 e. The van der Waals surface area contributed by atoms with E-state index in [2.05, 4.69) is 20.2 Å². The third kappa shape index (κ3) is 1.17. The molecule has 1 aliphatic rings. The first-order valence-corrected chi connectivity index (χ1v) is 4.17. The Labute approximate surface area is 76.2 Å². The van der Waals surface area contributed by atoms with Crippen LogP contribution >= 0.6 is 0 Å². The SMILES string of the molecule is CC1=NN=C(c2nc[nH]c2C)[NH+]1C. The zero-order valence-electron chi connectivity index (χ0n) is 7.92. The number of hydrogen-bond donors (Lipinski definition) is 2. The van der Waals surface area contributed by atoms with Gasteiger partial charge in [0.25, 0.3) is 5.84 Å². The van der Waals surface area contributed by atoms with E-state index in [0.29, 0.717) is 0 Å². The predicted molar refractivity (Wildman–Crippen MR) is 49.9 cm³/mol. The molecule has 1 aromatic rings. The van der Waals surface area contributed by atoms with E-state index in [1.165, 1.54) is 0 Å². The van der Waals surface area contributed by atoms with Gasteiger partial charge in [0.1, 0.15) is 0 Å². The molecule has 0 bridgehead atoms. The molecule has 0 saturated heterocycles. The molecule has 0 aliphatic carbocycles. The summed E-state index contributed by atoms with van der Waals surface area (Å²) >= 11 is 0. The lowest BCUT2D eigenvalue weighted by atomic mass is 10.3. The number of nitrogens with one attached hydrogen (secondary N) is 2. The summed E-state index contributed by atoms with van der Waals surface area (Å²) in [6.07, 6.45) is 1.67. The summed E-state index contributed by atoms with van der Waals surface area (Å²) in [5.41, 5.74) is 1.93. The maximum absolute atomic E-state index is 4.20. The molecule has 1 atom stereocenters. The van der Waals surface area contributed by atoms with Crippen LogP contribution in [0.5, 0.6) is 0 Å². The fraction of sp³-hybridized carbons (Fsp3) is 0.375. The largest absolute Gasteiger partial charge is 0.348 e. The van der Waals surface area contributed by atoms with Gasteiger partial charge in [0.05, 0.1) is 13.4 Å². The van der Waals surface area contributed by atoms with Crippen LogP contribution < -0.4 is 4.90 Å². The minimum atomic E-state index is 0.885. The van der Waals surface area contributed by atoms with Gasteiger partial charge >= 0.3 is 0 Å². The molecule has 0 radical (unpaired) electrons. The first-order valence-electron chi connectivity index (χ1n) is 4.17. The molecule has 0 fully saturated rings. The minimum Gasteiger partial charge on any atom is -0.348 e. The Balaban J connectivity index is 2.37. The second-order valence-corrected chi connectivity index (χ2v) is 3.14. The third-order valence-electron chi connectivity index (χ3n) is 2.25. The van der Waals surface area contributed by atoms with Gasteiger partial charge < -0.3 is 4.98 Å². The molecular formula is C8H12N5+. The van der Waals surface area contributed by atoms with Crippen LogP contribution in [0.15, 0.2) is 16.5 Å². The molecule has 68 valence electrons. The number of rotatable bonds is 1. The summed E-state index contributed by atoms with van der Waals surface area (Å²) < 4.78 is 0. The van der Waals surface area contributed by atoms with Crippen LogP contribution in [0.2, 0.25) is 0 Å². The molecule has 1 aromatic heterocycles. The van der Waals surface area contributed by atoms with Gasteiger partial charge in [0.2, 0.25) is 5.84 Å². The highest BCUT2D eigenvalue weighted by molar-refractivity contribution is 5.99. The summed E-state index contributed by atoms with van der Waals surface area (Å²) in [5.74, 6) is 1.86. The van der Waals surface area contributed by atoms with Crippen molar-refractivity contribution < 1.29 is 4.90 Å². The van der Waals surface area contributed by atoms with Gasteiger partial charge in [0, 0.05) is 12.6 Å². The van der Waals surface area contributed by atoms with E-state index in [1.54, 1.807) is 6.33 Å². The van der Waals surface area contributed by atoms with Crippen LogP contribution in [0.25, 0.3) is 0 Å². The molecule has 2 N–H and O–H groups in total. The van der Waals surface area contributed by atoms with Crippen molar-refractivity contribution in [3.63, 3.8) is 0 Å². The maximum atomic E-state index is 4.20. The van der Waals surface area contributed by atoms with Crippen molar-refractivity contribution in [1.29, 1.82) is 0 Å². The molecule has 0 saturated carbocycles. The van der Waals surface area contributed by atoms with Crippen molar-refractivity contribution in [2.75, 3.05) is 7.05 Å². The van der Waals surface area contributed by atoms with Crippen molar-refractivity contribution in [2.24, 2.45) is 10.2 Å². The smallest absolute Gasteiger partial charge is 0.279 e. The second kappa shape index (κ2) is 2.77. The summed E-state index contributed by atoms with van der Waals surface area (Å²) in [4.78, 5) is 8.33. The van der Waals surface area contributed by atoms with Gasteiger partial charge in [-0.1, -0.05) is 10.2 Å². The van der Waals surface area contributed by atoms with Crippen LogP contribution in [-0.4, -0.2) is 28.7 Å². The highest BCUT2D eigenvalue weighted by atomic mass is 15.4. The first kappa shape index (κ1) is 8.12. The average molecular weight is 178 g/mol. The molecule has 0 aromatic carbocycles. The fourth-order valence-electron chi connectivity index (χ4n) is 1.27. The molecule has 2 heterocycles. The molecule has 2 rings (SSSR count). The second-order valence-electron chi connectivity index (χ2n) is 3.14. The molecule has 1 aliphatic heterocycles. The van der Waals surface area contributed by atoms with Crippen molar-refractivity contribution in [1.82, 2.24) is 9.97 Å². The van der Waals surface area contributed by atoms with Gasteiger partial charge in [-0.15, -0.1) is 0 Å². The summed E-state index contributed by atoms with van der Waals surface area (Å²) in [6, 6.07) is 0. The van der Waals surface area contributed by atoms with Crippen LogP contribution in [0.3, 0.4) is 0 Å². The van der Waals surface area contributed by atoms with Gasteiger partial charge in [0.15, 0.2) is 5.69 Å². The number of nitrogens with zero attached hydrogens (tertiary/aromatic N) is 3. The number of amidine groups is 2. The Hall–Kier alpha value is -1.49. The van der Waals surface area contributed by atoms with Crippen molar-refractivity contribution in [3.8, 4) is 0 Å². The number of H-pyrrole nitrogens is 1. The molecule has 13 heavy (non-hydrogen) atoms. The van der Waals surface area contributed by atoms with E-state index < -0.39 is 0 Å². The minimum absolute atomic E-state index is 0.885. The quantitative estimate of drug-likeness (QED) is 0.588. The van der Waals surface area contributed by atoms with Gasteiger partial charge in [-0.25, -0.2) is 9.88 Å². The Morgan fingerprint density at radius 1 is 1.31 bits per heavy atom. The highest BCUT2D eigenvalue weighted by Gasteiger charge is 2.26. The van der Waals surface area contributed by atoms with Crippen molar-refractivity contribution in [3.05, 3.63) is 17.7 Å². The summed E-state index contributed by atoms with van der Waals surface area (Å²) in [6.45, 7) is 3.93. The fourth-order valence-corrected chi connectivity index (χ4v) is 1.27. The highest BCUT2D eigenvalue weighted by Crippen LogP contribution is 2.01. The number of hydrogen-bond acceptors (Lipinski definition) is 3. The summed E-state index contributed by atoms with van der Waals surface area (Å²) in [7, 11) is 2.01. The predicted octanol–water partition coefficient (Wildman–Crippen LogP) is -0.674. The molecule has 0 amide bonds. The number of aryl methyl sites for hydroxylation is 1. The number of aromatic nitrogens is 2. The van der Waals surface area contributed by atoms with Crippen LogP contribution in [0.1, 0.15) is 18.3 Å². The van der Waals surface area contributed by atoms with Gasteiger partial charge in [-0.3, -0.25) is 0 Å². The topological polar surface area (TPSA) is 57.8 Å². The van der Waals surface area contributed by atoms with Gasteiger partial charge in [-0.2, -0.15) is 0 Å². The first-order chi connectivity index (χ1) is 6.20. The van der Waals surface area contributed by atoms with E-state index in [-0.39, 0.29) is 0 Å². The standard InChI is InChI=1S/C8H11N5/c1-5-7(10-4-9-5)8-12-11-6(2)13(8)3/h4H,1-3H3,(H,9,10)/p+1. The molecule has 5 nitrogen and oxygen atoms in total. The monoisotopic (exact) mass is 178 g/mol. The number of imidazole rings is 1. The Kier molecular flexibility index (Phi) is 1.73. The molecule has 5 heteroatoms. The number of quaternary nitrogens is 1. The van der Waals surface area contributed by atoms with Crippen LogP contribution in [-0.2, 0) is 0 Å². The van der Waals surface area contributed by atoms with E-state index in [1.807, 2.05) is 20.9 Å². The van der Waals surface area contributed by atoms with E-state index in [0.717, 1.165) is 28.0 Å². The molecular weight excluding hydrogens is 166 g/mol. The zero-order chi connectivity index (χ0) is 9.42. The lowest BCUT2D eigenvalue weighted by Crippen LogP contribution is -3.13. The summed E-state index contributed by atoms with van der Waals surface area (Å²) in [5, 5.41) is 8.10. The van der Waals surface area contributed by atoms with Crippen molar-refractivity contribution in [2.45, 2.75) is 13.8 Å². The zero-order valence-corrected chi connectivity index (χ0v) is 7.92. The lowest BCUT2D eigenvalue weighted by molar-refractivity contribution is -0.671. The van der Waals surface area contributed by atoms with Crippen LogP contribution in [0.4, 0.5) is 0 Å². The lowest BCUT2D eigenvalue weighted by Gasteiger charge is -2.05.